The molecular weight excluding hydrogens is 172 g/mol. The van der Waals surface area contributed by atoms with Crippen LogP contribution in [0.1, 0.15) is 12.8 Å². The molecule has 0 N–H and O–H groups in total. The van der Waals surface area contributed by atoms with E-state index in [1.54, 1.807) is 0 Å². The maximum atomic E-state index is 9.94. The van der Waals surface area contributed by atoms with Gasteiger partial charge in [0, 0.05) is 6.42 Å². The first-order chi connectivity index (χ1) is 5.06. The first-order valence-electron chi connectivity index (χ1n) is 3.91. The summed E-state index contributed by atoms with van der Waals surface area (Å²) in [6.07, 6.45) is 2.63. The molecule has 2 nitrogen and oxygen atoms in total. The van der Waals surface area contributed by atoms with Gasteiger partial charge in [-0.1, -0.05) is 0 Å². The monoisotopic (exact) mass is 188 g/mol. The van der Waals surface area contributed by atoms with E-state index in [-0.39, 0.29) is 0 Å². The van der Waals surface area contributed by atoms with E-state index in [0.29, 0.717) is 16.2 Å². The largest absolute Gasteiger partial charge is 0.456 e. The van der Waals surface area contributed by atoms with Crippen LogP contribution in [0, 0.1) is 0 Å². The minimum atomic E-state index is -1.29. The molecule has 0 spiro atoms. The van der Waals surface area contributed by atoms with Crippen LogP contribution in [0.25, 0.3) is 0 Å². The SMILES string of the molecule is C[Si](C)(C)O[Si]CCCC=O. The molecule has 0 heterocycles. The molecule has 0 unspecified atom stereocenters. The van der Waals surface area contributed by atoms with Crippen LogP contribution in [-0.2, 0) is 8.91 Å². The Labute approximate surface area is 72.4 Å². The maximum absolute atomic E-state index is 9.94. The van der Waals surface area contributed by atoms with Crippen molar-refractivity contribution in [3.63, 3.8) is 0 Å². The normalized spacial score (nSPS) is 11.5. The summed E-state index contributed by atoms with van der Waals surface area (Å²) in [4.78, 5) is 9.94. The molecule has 0 aliphatic heterocycles. The standard InChI is InChI=1S/C7H16O2Si2/c1-11(2,3)9-10-7-5-4-6-8/h6H,4-5,7H2,1-3H3. The fourth-order valence-electron chi connectivity index (χ4n) is 0.525. The molecule has 0 saturated heterocycles. The zero-order valence-corrected chi connectivity index (χ0v) is 9.52. The molecule has 0 aromatic heterocycles. The fraction of sp³-hybridized carbons (Fsp3) is 0.857. The molecule has 0 atom stereocenters. The molecule has 0 aromatic carbocycles. The fourth-order valence-corrected chi connectivity index (χ4v) is 3.01. The summed E-state index contributed by atoms with van der Waals surface area (Å²) >= 11 is 0. The van der Waals surface area contributed by atoms with Crippen molar-refractivity contribution in [1.29, 1.82) is 0 Å². The van der Waals surface area contributed by atoms with Crippen LogP contribution in [0.5, 0.6) is 0 Å². The highest BCUT2D eigenvalue weighted by Gasteiger charge is 2.12. The van der Waals surface area contributed by atoms with E-state index < -0.39 is 8.32 Å². The summed E-state index contributed by atoms with van der Waals surface area (Å²) in [7, 11) is -0.697. The number of unbranched alkanes of at least 4 members (excludes halogenated alkanes) is 1. The molecule has 0 saturated carbocycles. The molecule has 0 rings (SSSR count). The molecule has 2 radical (unpaired) electrons. The third-order valence-electron chi connectivity index (χ3n) is 0.979. The summed E-state index contributed by atoms with van der Waals surface area (Å²) in [6, 6.07) is 1.04. The molecule has 0 bridgehead atoms. The highest BCUT2D eigenvalue weighted by Crippen LogP contribution is 2.03. The minimum absolute atomic E-state index is 0.596. The van der Waals surface area contributed by atoms with Gasteiger partial charge in [-0.2, -0.15) is 0 Å². The Kier molecular flexibility index (Phi) is 5.71. The van der Waals surface area contributed by atoms with Crippen molar-refractivity contribution in [2.75, 3.05) is 0 Å². The predicted octanol–water partition coefficient (Wildman–Crippen LogP) is 1.85. The van der Waals surface area contributed by atoms with Gasteiger partial charge in [0.15, 0.2) is 8.32 Å². The number of carbonyl (C=O) groups is 1. The van der Waals surface area contributed by atoms with Crippen molar-refractivity contribution in [1.82, 2.24) is 0 Å². The Balaban J connectivity index is 3.08. The third kappa shape index (κ3) is 10.1. The molecule has 0 aliphatic carbocycles. The summed E-state index contributed by atoms with van der Waals surface area (Å²) < 4.78 is 5.63. The molecule has 4 heteroatoms. The van der Waals surface area contributed by atoms with Crippen molar-refractivity contribution >= 4 is 24.4 Å². The number of hydrogen-bond donors (Lipinski definition) is 0. The topological polar surface area (TPSA) is 26.3 Å². The van der Waals surface area contributed by atoms with Gasteiger partial charge in [-0.05, 0) is 32.1 Å². The van der Waals surface area contributed by atoms with E-state index in [4.69, 9.17) is 4.12 Å². The van der Waals surface area contributed by atoms with Crippen molar-refractivity contribution in [3.05, 3.63) is 0 Å². The second kappa shape index (κ2) is 5.68. The van der Waals surface area contributed by atoms with Crippen LogP contribution in [0.2, 0.25) is 25.7 Å². The maximum Gasteiger partial charge on any atom is 0.215 e. The molecular formula is C7H16O2Si2. The van der Waals surface area contributed by atoms with Crippen molar-refractivity contribution in [2.45, 2.75) is 38.5 Å². The Morgan fingerprint density at radius 3 is 2.55 bits per heavy atom. The summed E-state index contributed by atoms with van der Waals surface area (Å²) in [5.41, 5.74) is 0. The average Bonchev–Trinajstić information content (AvgIpc) is 1.85. The minimum Gasteiger partial charge on any atom is -0.456 e. The van der Waals surface area contributed by atoms with Crippen LogP contribution in [0.3, 0.4) is 0 Å². The number of carbonyl (C=O) groups excluding carboxylic acids is 1. The van der Waals surface area contributed by atoms with Gasteiger partial charge in [0.05, 0.1) is 0 Å². The van der Waals surface area contributed by atoms with Gasteiger partial charge < -0.3 is 8.91 Å². The lowest BCUT2D eigenvalue weighted by Gasteiger charge is -2.15. The molecule has 11 heavy (non-hydrogen) atoms. The van der Waals surface area contributed by atoms with Crippen molar-refractivity contribution in [3.8, 4) is 0 Å². The van der Waals surface area contributed by atoms with E-state index in [1.807, 2.05) is 0 Å². The molecule has 0 aromatic rings. The van der Waals surface area contributed by atoms with Gasteiger partial charge in [-0.3, -0.25) is 0 Å². The molecule has 0 fully saturated rings. The highest BCUT2D eigenvalue weighted by atomic mass is 28.4. The Morgan fingerprint density at radius 2 is 2.09 bits per heavy atom. The predicted molar refractivity (Wildman–Crippen MR) is 50.3 cm³/mol. The second-order valence-electron chi connectivity index (χ2n) is 3.42. The number of aldehydes is 1. The molecule has 0 amide bonds. The number of rotatable bonds is 6. The zero-order valence-electron chi connectivity index (χ0n) is 7.52. The van der Waals surface area contributed by atoms with Gasteiger partial charge in [0.25, 0.3) is 0 Å². The smallest absolute Gasteiger partial charge is 0.215 e. The number of hydrogen-bond acceptors (Lipinski definition) is 2. The van der Waals surface area contributed by atoms with E-state index in [1.165, 1.54) is 0 Å². The Bertz CT molecular complexity index is 109. The van der Waals surface area contributed by atoms with E-state index in [0.717, 1.165) is 18.8 Å². The lowest BCUT2D eigenvalue weighted by Crippen LogP contribution is -2.27. The Morgan fingerprint density at radius 1 is 1.45 bits per heavy atom. The molecule has 0 aliphatic rings. The summed E-state index contributed by atoms with van der Waals surface area (Å²) in [6.45, 7) is 6.54. The molecule has 64 valence electrons. The van der Waals surface area contributed by atoms with E-state index in [2.05, 4.69) is 19.6 Å². The van der Waals surface area contributed by atoms with Crippen LogP contribution in [0.15, 0.2) is 0 Å². The van der Waals surface area contributed by atoms with Crippen LogP contribution in [-0.4, -0.2) is 24.4 Å². The van der Waals surface area contributed by atoms with Crippen LogP contribution < -0.4 is 0 Å². The quantitative estimate of drug-likeness (QED) is 0.361. The Hall–Kier alpha value is 0.0638. The van der Waals surface area contributed by atoms with Gasteiger partial charge in [0.2, 0.25) is 9.76 Å². The van der Waals surface area contributed by atoms with Crippen molar-refractivity contribution < 1.29 is 8.91 Å². The average molecular weight is 188 g/mol. The van der Waals surface area contributed by atoms with Crippen LogP contribution in [0.4, 0.5) is 0 Å². The third-order valence-corrected chi connectivity index (χ3v) is 4.56. The second-order valence-corrected chi connectivity index (χ2v) is 9.25. The van der Waals surface area contributed by atoms with Gasteiger partial charge in [-0.15, -0.1) is 0 Å². The summed E-state index contributed by atoms with van der Waals surface area (Å²) in [5.74, 6) is 0. The first-order valence-corrected chi connectivity index (χ1v) is 8.43. The zero-order chi connectivity index (χ0) is 8.74. The van der Waals surface area contributed by atoms with Gasteiger partial charge >= 0.3 is 0 Å². The lowest BCUT2D eigenvalue weighted by molar-refractivity contribution is -0.107. The van der Waals surface area contributed by atoms with Gasteiger partial charge in [-0.25, -0.2) is 0 Å². The summed E-state index contributed by atoms with van der Waals surface area (Å²) in [5, 5.41) is 0. The highest BCUT2D eigenvalue weighted by molar-refractivity contribution is 6.73. The van der Waals surface area contributed by atoms with E-state index in [9.17, 15) is 4.79 Å². The van der Waals surface area contributed by atoms with Crippen molar-refractivity contribution in [2.24, 2.45) is 0 Å². The van der Waals surface area contributed by atoms with E-state index >= 15 is 0 Å². The van der Waals surface area contributed by atoms with Crippen LogP contribution >= 0.6 is 0 Å². The lowest BCUT2D eigenvalue weighted by atomic mass is 10.4. The van der Waals surface area contributed by atoms with Gasteiger partial charge in [0.1, 0.15) is 6.29 Å². The first kappa shape index (κ1) is 11.1.